The maximum absolute atomic E-state index is 12.4. The molecule has 1 heterocycles. The zero-order valence-electron chi connectivity index (χ0n) is 13.4. The van der Waals surface area contributed by atoms with Crippen LogP contribution in [-0.2, 0) is 20.7 Å². The van der Waals surface area contributed by atoms with E-state index < -0.39 is 6.10 Å². The molecule has 1 unspecified atom stereocenters. The zero-order chi connectivity index (χ0) is 16.4. The lowest BCUT2D eigenvalue weighted by atomic mass is 9.90. The topological polar surface area (TPSA) is 66.8 Å². The number of hydrogen-bond donors (Lipinski definition) is 1. The van der Waals surface area contributed by atoms with Gasteiger partial charge in [-0.15, -0.1) is 0 Å². The van der Waals surface area contributed by atoms with Crippen LogP contribution in [0.25, 0.3) is 0 Å². The summed E-state index contributed by atoms with van der Waals surface area (Å²) in [5.74, 6) is -0.341. The SMILES string of the molecule is COC(=O)C1CC12CCN(C(=O)[C@@H](O)Cc1ccccc1)CC2. The smallest absolute Gasteiger partial charge is 0.309 e. The van der Waals surface area contributed by atoms with Crippen LogP contribution < -0.4 is 0 Å². The molecule has 2 aliphatic rings. The van der Waals surface area contributed by atoms with Crippen molar-refractivity contribution in [3.8, 4) is 0 Å². The summed E-state index contributed by atoms with van der Waals surface area (Å²) in [5, 5.41) is 10.2. The fourth-order valence-electron chi connectivity index (χ4n) is 3.68. The minimum atomic E-state index is -0.998. The molecule has 1 N–H and O–H groups in total. The minimum Gasteiger partial charge on any atom is -0.469 e. The van der Waals surface area contributed by atoms with Gasteiger partial charge in [-0.2, -0.15) is 0 Å². The Morgan fingerprint density at radius 1 is 1.30 bits per heavy atom. The predicted molar refractivity (Wildman–Crippen MR) is 84.5 cm³/mol. The highest BCUT2D eigenvalue weighted by molar-refractivity contribution is 5.81. The Hall–Kier alpha value is -1.88. The number of methoxy groups -OCH3 is 1. The number of hydrogen-bond acceptors (Lipinski definition) is 4. The van der Waals surface area contributed by atoms with Gasteiger partial charge < -0.3 is 14.7 Å². The van der Waals surface area contributed by atoms with Gasteiger partial charge in [0.15, 0.2) is 0 Å². The van der Waals surface area contributed by atoms with Crippen LogP contribution in [0, 0.1) is 11.3 Å². The summed E-state index contributed by atoms with van der Waals surface area (Å²) >= 11 is 0. The lowest BCUT2D eigenvalue weighted by Crippen LogP contribution is -2.45. The van der Waals surface area contributed by atoms with Crippen LogP contribution in [0.3, 0.4) is 0 Å². The van der Waals surface area contributed by atoms with E-state index in [1.54, 1.807) is 4.90 Å². The highest BCUT2D eigenvalue weighted by Crippen LogP contribution is 2.59. The molecule has 1 spiro atoms. The third kappa shape index (κ3) is 3.24. The largest absolute Gasteiger partial charge is 0.469 e. The molecule has 2 fully saturated rings. The molecule has 124 valence electrons. The van der Waals surface area contributed by atoms with E-state index in [0.717, 1.165) is 24.8 Å². The molecule has 1 saturated heterocycles. The second kappa shape index (κ2) is 6.32. The van der Waals surface area contributed by atoms with Crippen molar-refractivity contribution in [1.82, 2.24) is 4.90 Å². The molecule has 1 aliphatic carbocycles. The lowest BCUT2D eigenvalue weighted by Gasteiger charge is -2.34. The third-order valence-electron chi connectivity index (χ3n) is 5.30. The number of carbonyl (C=O) groups is 2. The van der Waals surface area contributed by atoms with Crippen molar-refractivity contribution in [3.05, 3.63) is 35.9 Å². The summed E-state index contributed by atoms with van der Waals surface area (Å²) in [6.07, 6.45) is 1.84. The summed E-state index contributed by atoms with van der Waals surface area (Å²) in [4.78, 5) is 25.7. The highest BCUT2D eigenvalue weighted by Gasteiger charge is 2.59. The summed E-state index contributed by atoms with van der Waals surface area (Å²) in [5.41, 5.74) is 0.989. The lowest BCUT2D eigenvalue weighted by molar-refractivity contribution is -0.144. The fraction of sp³-hybridized carbons (Fsp3) is 0.556. The van der Waals surface area contributed by atoms with Gasteiger partial charge in [-0.3, -0.25) is 9.59 Å². The first kappa shape index (κ1) is 16.0. The van der Waals surface area contributed by atoms with Gasteiger partial charge in [-0.1, -0.05) is 30.3 Å². The van der Waals surface area contributed by atoms with E-state index in [1.165, 1.54) is 7.11 Å². The number of aliphatic hydroxyl groups is 1. The first-order chi connectivity index (χ1) is 11.1. The van der Waals surface area contributed by atoms with Crippen molar-refractivity contribution >= 4 is 11.9 Å². The van der Waals surface area contributed by atoms with Crippen LogP contribution >= 0.6 is 0 Å². The van der Waals surface area contributed by atoms with Gasteiger partial charge in [-0.25, -0.2) is 0 Å². The monoisotopic (exact) mass is 317 g/mol. The maximum Gasteiger partial charge on any atom is 0.309 e. The molecule has 0 radical (unpaired) electrons. The van der Waals surface area contributed by atoms with Crippen molar-refractivity contribution < 1.29 is 19.4 Å². The molecule has 0 bridgehead atoms. The van der Waals surface area contributed by atoms with Crippen molar-refractivity contribution in [2.45, 2.75) is 31.8 Å². The average Bonchev–Trinajstić information content (AvgIpc) is 3.28. The van der Waals surface area contributed by atoms with Gasteiger partial charge in [0, 0.05) is 19.5 Å². The summed E-state index contributed by atoms with van der Waals surface area (Å²) in [6.45, 7) is 1.22. The number of benzene rings is 1. The minimum absolute atomic E-state index is 0.000931. The van der Waals surface area contributed by atoms with Gasteiger partial charge in [0.25, 0.3) is 5.91 Å². The second-order valence-electron chi connectivity index (χ2n) is 6.67. The molecule has 1 aromatic carbocycles. The molecular formula is C18H23NO4. The van der Waals surface area contributed by atoms with Crippen molar-refractivity contribution in [1.29, 1.82) is 0 Å². The molecule has 3 rings (SSSR count). The van der Waals surface area contributed by atoms with Crippen LogP contribution in [0.15, 0.2) is 30.3 Å². The quantitative estimate of drug-likeness (QED) is 0.852. The van der Waals surface area contributed by atoms with Gasteiger partial charge in [0.1, 0.15) is 6.10 Å². The van der Waals surface area contributed by atoms with Crippen LogP contribution in [0.2, 0.25) is 0 Å². The Kier molecular flexibility index (Phi) is 4.39. The molecule has 2 atom stereocenters. The highest BCUT2D eigenvalue weighted by atomic mass is 16.5. The molecule has 5 heteroatoms. The molecule has 1 amide bonds. The van der Waals surface area contributed by atoms with E-state index in [9.17, 15) is 14.7 Å². The fourth-order valence-corrected chi connectivity index (χ4v) is 3.68. The van der Waals surface area contributed by atoms with Crippen LogP contribution in [0.5, 0.6) is 0 Å². The molecule has 23 heavy (non-hydrogen) atoms. The number of ether oxygens (including phenoxy) is 1. The second-order valence-corrected chi connectivity index (χ2v) is 6.67. The predicted octanol–water partition coefficient (Wildman–Crippen LogP) is 1.39. The Morgan fingerprint density at radius 3 is 2.57 bits per heavy atom. The van der Waals surface area contributed by atoms with Crippen LogP contribution in [0.4, 0.5) is 0 Å². The Morgan fingerprint density at radius 2 is 1.96 bits per heavy atom. The normalized spacial score (nSPS) is 23.4. The molecule has 1 saturated carbocycles. The first-order valence-electron chi connectivity index (χ1n) is 8.14. The standard InChI is InChI=1S/C18H23NO4/c1-23-17(22)14-12-18(14)7-9-19(10-8-18)16(21)15(20)11-13-5-3-2-4-6-13/h2-6,14-15,20H,7-12H2,1H3/t14?,15-/m0/s1. The van der Waals surface area contributed by atoms with E-state index in [2.05, 4.69) is 0 Å². The Labute approximate surface area is 136 Å². The van der Waals surface area contributed by atoms with Gasteiger partial charge in [-0.05, 0) is 30.2 Å². The van der Waals surface area contributed by atoms with Gasteiger partial charge in [0.05, 0.1) is 13.0 Å². The Bertz CT molecular complexity index is 578. The Balaban J connectivity index is 1.52. The van der Waals surface area contributed by atoms with E-state index >= 15 is 0 Å². The van der Waals surface area contributed by atoms with Crippen LogP contribution in [0.1, 0.15) is 24.8 Å². The number of nitrogens with zero attached hydrogens (tertiary/aromatic N) is 1. The van der Waals surface area contributed by atoms with Gasteiger partial charge in [0.2, 0.25) is 0 Å². The number of aliphatic hydroxyl groups excluding tert-OH is 1. The molecule has 1 aliphatic heterocycles. The van der Waals surface area contributed by atoms with Crippen molar-refractivity contribution in [2.75, 3.05) is 20.2 Å². The number of esters is 1. The first-order valence-corrected chi connectivity index (χ1v) is 8.14. The molecule has 1 aromatic rings. The number of piperidine rings is 1. The summed E-state index contributed by atoms with van der Waals surface area (Å²) < 4.78 is 4.82. The van der Waals surface area contributed by atoms with Crippen molar-refractivity contribution in [3.63, 3.8) is 0 Å². The van der Waals surface area contributed by atoms with E-state index in [1.807, 2.05) is 30.3 Å². The molecule has 0 aromatic heterocycles. The average molecular weight is 317 g/mol. The van der Waals surface area contributed by atoms with Gasteiger partial charge >= 0.3 is 5.97 Å². The van der Waals surface area contributed by atoms with Crippen molar-refractivity contribution in [2.24, 2.45) is 11.3 Å². The maximum atomic E-state index is 12.4. The van der Waals surface area contributed by atoms with E-state index in [0.29, 0.717) is 19.5 Å². The number of amides is 1. The number of carbonyl (C=O) groups excluding carboxylic acids is 2. The zero-order valence-corrected chi connectivity index (χ0v) is 13.4. The van der Waals surface area contributed by atoms with E-state index in [4.69, 9.17) is 4.74 Å². The third-order valence-corrected chi connectivity index (χ3v) is 5.30. The summed E-state index contributed by atoms with van der Waals surface area (Å²) in [7, 11) is 1.42. The number of likely N-dealkylation sites (tertiary alicyclic amines) is 1. The van der Waals surface area contributed by atoms with E-state index in [-0.39, 0.29) is 23.2 Å². The summed E-state index contributed by atoms with van der Waals surface area (Å²) in [6, 6.07) is 9.53. The van der Waals surface area contributed by atoms with Crippen LogP contribution in [-0.4, -0.2) is 48.2 Å². The number of rotatable bonds is 4. The molecule has 5 nitrogen and oxygen atoms in total. The molecular weight excluding hydrogens is 294 g/mol.